The largest absolute Gasteiger partial charge is 0.442 e. The van der Waals surface area contributed by atoms with E-state index in [1.807, 2.05) is 24.3 Å². The summed E-state index contributed by atoms with van der Waals surface area (Å²) in [5.41, 5.74) is 1.38. The molecule has 0 aromatic heterocycles. The number of amides is 2. The lowest BCUT2D eigenvalue weighted by Gasteiger charge is -2.14. The van der Waals surface area contributed by atoms with Crippen molar-refractivity contribution >= 4 is 17.7 Å². The lowest BCUT2D eigenvalue weighted by atomic mass is 10.1. The van der Waals surface area contributed by atoms with Crippen LogP contribution in [0.4, 0.5) is 10.5 Å². The van der Waals surface area contributed by atoms with Gasteiger partial charge in [-0.15, -0.1) is 0 Å². The molecule has 126 valence electrons. The number of hydrogen-bond acceptors (Lipinski definition) is 4. The summed E-state index contributed by atoms with van der Waals surface area (Å²) in [6.07, 6.45) is 0.964. The Hall–Kier alpha value is -2.59. The van der Waals surface area contributed by atoms with Gasteiger partial charge in [0.15, 0.2) is 0 Å². The van der Waals surface area contributed by atoms with Gasteiger partial charge in [0.25, 0.3) is 5.54 Å². The van der Waals surface area contributed by atoms with Crippen LogP contribution in [0.15, 0.2) is 24.3 Å². The van der Waals surface area contributed by atoms with E-state index >= 15 is 0 Å². The molecule has 0 bridgehead atoms. The number of nitrogens with zero attached hydrogens (tertiary/aromatic N) is 2. The highest BCUT2D eigenvalue weighted by Crippen LogP contribution is 2.49. The van der Waals surface area contributed by atoms with Crippen LogP contribution in [0.2, 0.25) is 0 Å². The molecular formula is C17H19N3O4. The summed E-state index contributed by atoms with van der Waals surface area (Å²) in [5.74, 6) is -0.245. The number of hydrogen-bond donors (Lipinski definition) is 1. The first-order valence-electron chi connectivity index (χ1n) is 7.81. The summed E-state index contributed by atoms with van der Waals surface area (Å²) in [4.78, 5) is 28.7. The number of cyclic esters (lactones) is 1. The SMILES string of the molecule is [C-]#[N+]C1(c2ccc(N3C[C@H](CNC(=O)COC)OC3=O)cc2)CC1. The third-order valence-electron chi connectivity index (χ3n) is 4.33. The molecule has 1 aliphatic heterocycles. The van der Waals surface area contributed by atoms with Gasteiger partial charge in [-0.3, -0.25) is 9.69 Å². The maximum atomic E-state index is 12.0. The molecule has 1 aromatic carbocycles. The van der Waals surface area contributed by atoms with Crippen molar-refractivity contribution in [3.8, 4) is 0 Å². The van der Waals surface area contributed by atoms with Crippen LogP contribution >= 0.6 is 0 Å². The number of anilines is 1. The molecule has 1 saturated carbocycles. The molecule has 1 N–H and O–H groups in total. The lowest BCUT2D eigenvalue weighted by molar-refractivity contribution is -0.125. The summed E-state index contributed by atoms with van der Waals surface area (Å²) in [6, 6.07) is 7.49. The van der Waals surface area contributed by atoms with Crippen LogP contribution in [0.25, 0.3) is 4.85 Å². The quantitative estimate of drug-likeness (QED) is 0.806. The molecule has 2 aliphatic rings. The Morgan fingerprint density at radius 3 is 2.75 bits per heavy atom. The summed E-state index contributed by atoms with van der Waals surface area (Å²) in [7, 11) is 1.44. The molecule has 1 heterocycles. The number of methoxy groups -OCH3 is 1. The van der Waals surface area contributed by atoms with E-state index in [0.717, 1.165) is 24.1 Å². The molecule has 1 atom stereocenters. The Bertz CT molecular complexity index is 676. The van der Waals surface area contributed by atoms with Crippen molar-refractivity contribution in [1.29, 1.82) is 0 Å². The number of rotatable bonds is 6. The average molecular weight is 329 g/mol. The highest BCUT2D eigenvalue weighted by Gasteiger charge is 2.52. The third kappa shape index (κ3) is 3.19. The fraction of sp³-hybridized carbons (Fsp3) is 0.471. The van der Waals surface area contributed by atoms with Crippen molar-refractivity contribution in [2.45, 2.75) is 24.5 Å². The Morgan fingerprint density at radius 2 is 2.17 bits per heavy atom. The van der Waals surface area contributed by atoms with E-state index in [9.17, 15) is 9.59 Å². The molecule has 1 saturated heterocycles. The van der Waals surface area contributed by atoms with Gasteiger partial charge in [-0.05, 0) is 24.3 Å². The van der Waals surface area contributed by atoms with E-state index < -0.39 is 12.2 Å². The van der Waals surface area contributed by atoms with E-state index in [0.29, 0.717) is 6.54 Å². The predicted octanol–water partition coefficient (Wildman–Crippen LogP) is 1.68. The Labute approximate surface area is 140 Å². The molecular weight excluding hydrogens is 310 g/mol. The first-order chi connectivity index (χ1) is 11.6. The van der Waals surface area contributed by atoms with Gasteiger partial charge in [-0.25, -0.2) is 11.4 Å². The monoisotopic (exact) mass is 329 g/mol. The van der Waals surface area contributed by atoms with E-state index in [4.69, 9.17) is 16.0 Å². The van der Waals surface area contributed by atoms with Crippen molar-refractivity contribution in [2.24, 2.45) is 0 Å². The highest BCUT2D eigenvalue weighted by molar-refractivity contribution is 5.89. The van der Waals surface area contributed by atoms with Crippen molar-refractivity contribution in [3.05, 3.63) is 41.2 Å². The number of carbonyl (C=O) groups excluding carboxylic acids is 2. The maximum absolute atomic E-state index is 12.0. The fourth-order valence-electron chi connectivity index (χ4n) is 2.78. The van der Waals surface area contributed by atoms with Crippen LogP contribution in [0, 0.1) is 6.57 Å². The molecule has 24 heavy (non-hydrogen) atoms. The molecule has 2 fully saturated rings. The summed E-state index contributed by atoms with van der Waals surface area (Å²) >= 11 is 0. The Morgan fingerprint density at radius 1 is 1.46 bits per heavy atom. The normalized spacial score (nSPS) is 21.1. The first kappa shape index (κ1) is 16.3. The third-order valence-corrected chi connectivity index (χ3v) is 4.33. The van der Waals surface area contributed by atoms with Crippen LogP contribution in [0.1, 0.15) is 18.4 Å². The smallest absolute Gasteiger partial charge is 0.414 e. The second-order valence-corrected chi connectivity index (χ2v) is 6.04. The van der Waals surface area contributed by atoms with Crippen molar-refractivity contribution < 1.29 is 19.1 Å². The molecule has 2 amide bonds. The molecule has 7 nitrogen and oxygen atoms in total. The van der Waals surface area contributed by atoms with Crippen LogP contribution in [0.5, 0.6) is 0 Å². The molecule has 0 unspecified atom stereocenters. The van der Waals surface area contributed by atoms with Gasteiger partial charge in [-0.2, -0.15) is 0 Å². The van der Waals surface area contributed by atoms with Gasteiger partial charge < -0.3 is 19.6 Å². The fourth-order valence-corrected chi connectivity index (χ4v) is 2.78. The number of carbonyl (C=O) groups is 2. The van der Waals surface area contributed by atoms with Gasteiger partial charge in [0.05, 0.1) is 13.1 Å². The summed E-state index contributed by atoms with van der Waals surface area (Å²) in [6.45, 7) is 7.90. The molecule has 7 heteroatoms. The van der Waals surface area contributed by atoms with Crippen LogP contribution in [-0.4, -0.2) is 44.9 Å². The first-order valence-corrected chi connectivity index (χ1v) is 7.81. The second kappa shape index (κ2) is 6.49. The minimum absolute atomic E-state index is 0.0192. The van der Waals surface area contributed by atoms with Gasteiger partial charge >= 0.3 is 6.09 Å². The second-order valence-electron chi connectivity index (χ2n) is 6.04. The molecule has 3 rings (SSSR count). The number of ether oxygens (including phenoxy) is 2. The minimum atomic E-state index is -0.431. The zero-order valence-electron chi connectivity index (χ0n) is 13.4. The van der Waals surface area contributed by atoms with E-state index in [-0.39, 0.29) is 24.6 Å². The van der Waals surface area contributed by atoms with Gasteiger partial charge in [-0.1, -0.05) is 0 Å². The Balaban J connectivity index is 1.60. The van der Waals surface area contributed by atoms with Crippen molar-refractivity contribution in [3.63, 3.8) is 0 Å². The zero-order valence-corrected chi connectivity index (χ0v) is 13.4. The topological polar surface area (TPSA) is 72.2 Å². The van der Waals surface area contributed by atoms with Gasteiger partial charge in [0, 0.05) is 31.2 Å². The van der Waals surface area contributed by atoms with Gasteiger partial charge in [0.1, 0.15) is 12.7 Å². The molecule has 1 aliphatic carbocycles. The van der Waals surface area contributed by atoms with Crippen molar-refractivity contribution in [2.75, 3.05) is 31.7 Å². The number of benzene rings is 1. The summed E-state index contributed by atoms with van der Waals surface area (Å²) in [5, 5.41) is 2.66. The van der Waals surface area contributed by atoms with E-state index in [1.54, 1.807) is 0 Å². The lowest BCUT2D eigenvalue weighted by Crippen LogP contribution is -2.36. The van der Waals surface area contributed by atoms with Crippen LogP contribution < -0.4 is 10.2 Å². The van der Waals surface area contributed by atoms with Crippen LogP contribution in [-0.2, 0) is 19.8 Å². The minimum Gasteiger partial charge on any atom is -0.442 e. The maximum Gasteiger partial charge on any atom is 0.414 e. The molecule has 0 radical (unpaired) electrons. The standard InChI is InChI=1S/C17H19N3O4/c1-18-17(7-8-17)12-3-5-13(6-4-12)20-10-14(24-16(20)22)9-19-15(21)11-23-2/h3-6,14H,7-11H2,2H3,(H,19,21)/t14-/m0/s1. The zero-order chi connectivity index (χ0) is 17.2. The Kier molecular flexibility index (Phi) is 4.40. The highest BCUT2D eigenvalue weighted by atomic mass is 16.6. The van der Waals surface area contributed by atoms with Crippen LogP contribution in [0.3, 0.4) is 0 Å². The number of nitrogens with one attached hydrogen (secondary N) is 1. The van der Waals surface area contributed by atoms with Crippen molar-refractivity contribution in [1.82, 2.24) is 5.32 Å². The summed E-state index contributed by atoms with van der Waals surface area (Å²) < 4.78 is 10.0. The molecule has 0 spiro atoms. The van der Waals surface area contributed by atoms with Gasteiger partial charge in [0.2, 0.25) is 5.91 Å². The predicted molar refractivity (Wildman–Crippen MR) is 86.5 cm³/mol. The molecule has 1 aromatic rings. The van der Waals surface area contributed by atoms with E-state index in [1.165, 1.54) is 12.0 Å². The van der Waals surface area contributed by atoms with E-state index in [2.05, 4.69) is 10.2 Å². The average Bonchev–Trinajstić information content (AvgIpc) is 3.30.